The van der Waals surface area contributed by atoms with Gasteiger partial charge in [-0.05, 0) is 25.5 Å². The number of nitrogens with zero attached hydrogens (tertiary/aromatic N) is 1. The molecule has 1 nitrogen and oxygen atoms in total. The number of benzene rings is 1. The zero-order valence-electron chi connectivity index (χ0n) is 9.11. The maximum Gasteiger partial charge on any atom is 0.150 e. The van der Waals surface area contributed by atoms with Crippen molar-refractivity contribution in [3.63, 3.8) is 0 Å². The van der Waals surface area contributed by atoms with Gasteiger partial charge in [-0.3, -0.25) is 0 Å². The fraction of sp³-hybridized carbons (Fsp3) is 0.250. The van der Waals surface area contributed by atoms with E-state index in [4.69, 9.17) is 11.6 Å². The van der Waals surface area contributed by atoms with Crippen molar-refractivity contribution in [2.75, 3.05) is 0 Å². The van der Waals surface area contributed by atoms with Gasteiger partial charge >= 0.3 is 0 Å². The number of aromatic nitrogens is 1. The van der Waals surface area contributed by atoms with E-state index in [1.54, 1.807) is 23.1 Å². The minimum absolute atomic E-state index is 0.333. The van der Waals surface area contributed by atoms with Crippen molar-refractivity contribution in [3.05, 3.63) is 45.9 Å². The van der Waals surface area contributed by atoms with Gasteiger partial charge in [0.2, 0.25) is 0 Å². The minimum atomic E-state index is 0.333. The fourth-order valence-corrected chi connectivity index (χ4v) is 3.92. The highest BCUT2D eigenvalue weighted by molar-refractivity contribution is 8.01. The lowest BCUT2D eigenvalue weighted by molar-refractivity contribution is 1.08. The Balaban J connectivity index is 2.14. The summed E-state index contributed by atoms with van der Waals surface area (Å²) in [5, 5.41) is 3.23. The molecule has 1 aromatic heterocycles. The summed E-state index contributed by atoms with van der Waals surface area (Å²) in [6.45, 7) is 4.17. The van der Waals surface area contributed by atoms with Crippen LogP contribution < -0.4 is 0 Å². The molecular weight excluding hydrogens is 258 g/mol. The highest BCUT2D eigenvalue weighted by atomic mass is 35.5. The molecule has 4 heteroatoms. The van der Waals surface area contributed by atoms with E-state index in [0.717, 1.165) is 15.1 Å². The molecule has 0 fully saturated rings. The molecule has 1 unspecified atom stereocenters. The molecule has 0 saturated carbocycles. The number of hydrogen-bond donors (Lipinski definition) is 0. The highest BCUT2D eigenvalue weighted by Crippen LogP contribution is 2.38. The van der Waals surface area contributed by atoms with Crippen LogP contribution in [0.3, 0.4) is 0 Å². The average molecular weight is 270 g/mol. The van der Waals surface area contributed by atoms with Gasteiger partial charge in [0.25, 0.3) is 0 Å². The van der Waals surface area contributed by atoms with Crippen molar-refractivity contribution in [2.45, 2.75) is 23.4 Å². The van der Waals surface area contributed by atoms with Crippen molar-refractivity contribution in [2.24, 2.45) is 0 Å². The second-order valence-electron chi connectivity index (χ2n) is 3.54. The summed E-state index contributed by atoms with van der Waals surface area (Å²) >= 11 is 9.60. The fourth-order valence-electron chi connectivity index (χ4n) is 1.41. The van der Waals surface area contributed by atoms with E-state index in [-0.39, 0.29) is 0 Å². The Morgan fingerprint density at radius 3 is 2.75 bits per heavy atom. The van der Waals surface area contributed by atoms with Crippen molar-refractivity contribution in [3.8, 4) is 0 Å². The molecule has 1 atom stereocenters. The Bertz CT molecular complexity index is 481. The third-order valence-corrected chi connectivity index (χ3v) is 4.79. The van der Waals surface area contributed by atoms with E-state index in [2.05, 4.69) is 23.4 Å². The molecule has 1 aromatic carbocycles. The molecule has 0 saturated heterocycles. The van der Waals surface area contributed by atoms with E-state index >= 15 is 0 Å². The molecule has 0 radical (unpaired) electrons. The van der Waals surface area contributed by atoms with Gasteiger partial charge in [0, 0.05) is 21.3 Å². The lowest BCUT2D eigenvalue weighted by atomic mass is 10.2. The number of aryl methyl sites for hydroxylation is 1. The summed E-state index contributed by atoms with van der Waals surface area (Å²) < 4.78 is 1.10. The van der Waals surface area contributed by atoms with E-state index < -0.39 is 0 Å². The van der Waals surface area contributed by atoms with Crippen LogP contribution in [0.5, 0.6) is 0 Å². The molecule has 2 aromatic rings. The molecule has 1 heterocycles. The number of thiazole rings is 1. The van der Waals surface area contributed by atoms with Crippen molar-refractivity contribution >= 4 is 34.7 Å². The predicted octanol–water partition coefficient (Wildman–Crippen LogP) is 4.96. The zero-order chi connectivity index (χ0) is 11.5. The summed E-state index contributed by atoms with van der Waals surface area (Å²) in [7, 11) is 0. The van der Waals surface area contributed by atoms with Gasteiger partial charge in [-0.15, -0.1) is 11.3 Å². The maximum atomic E-state index is 6.16. The summed E-state index contributed by atoms with van der Waals surface area (Å²) in [6.07, 6.45) is 0. The minimum Gasteiger partial charge on any atom is -0.235 e. The van der Waals surface area contributed by atoms with E-state index in [1.165, 1.54) is 5.56 Å². The van der Waals surface area contributed by atoms with E-state index in [9.17, 15) is 0 Å². The SMILES string of the molecule is Cc1csc(SC(C)c2ccccc2Cl)n1. The normalized spacial score (nSPS) is 12.7. The molecule has 84 valence electrons. The summed E-state index contributed by atoms with van der Waals surface area (Å²) in [5.74, 6) is 0. The van der Waals surface area contributed by atoms with Crippen LogP contribution >= 0.6 is 34.7 Å². The Labute approximate surface area is 109 Å². The number of hydrogen-bond acceptors (Lipinski definition) is 3. The third kappa shape index (κ3) is 2.78. The van der Waals surface area contributed by atoms with E-state index in [1.807, 2.05) is 25.1 Å². The van der Waals surface area contributed by atoms with Crippen LogP contribution in [0, 0.1) is 6.92 Å². The van der Waals surface area contributed by atoms with Crippen molar-refractivity contribution < 1.29 is 0 Å². The smallest absolute Gasteiger partial charge is 0.150 e. The molecule has 0 amide bonds. The molecule has 2 rings (SSSR count). The van der Waals surface area contributed by atoms with Crippen molar-refractivity contribution in [1.29, 1.82) is 0 Å². The van der Waals surface area contributed by atoms with Crippen LogP contribution in [0.2, 0.25) is 5.02 Å². The van der Waals surface area contributed by atoms with Gasteiger partial charge in [0.1, 0.15) is 0 Å². The van der Waals surface area contributed by atoms with Gasteiger partial charge < -0.3 is 0 Å². The molecule has 0 aliphatic heterocycles. The van der Waals surface area contributed by atoms with Crippen molar-refractivity contribution in [1.82, 2.24) is 4.98 Å². The first kappa shape index (κ1) is 12.0. The number of halogens is 1. The topological polar surface area (TPSA) is 12.9 Å². The zero-order valence-corrected chi connectivity index (χ0v) is 11.5. The largest absolute Gasteiger partial charge is 0.235 e. The first-order valence-electron chi connectivity index (χ1n) is 5.00. The first-order chi connectivity index (χ1) is 7.66. The summed E-state index contributed by atoms with van der Waals surface area (Å²) in [4.78, 5) is 4.44. The van der Waals surface area contributed by atoms with Gasteiger partial charge in [-0.1, -0.05) is 41.6 Å². The Kier molecular flexibility index (Phi) is 3.90. The van der Waals surface area contributed by atoms with E-state index in [0.29, 0.717) is 5.25 Å². The molecular formula is C12H12ClNS2. The van der Waals surface area contributed by atoms with Crippen LogP contribution in [0.15, 0.2) is 34.0 Å². The third-order valence-electron chi connectivity index (χ3n) is 2.22. The molecule has 0 aliphatic carbocycles. The Hall–Kier alpha value is -0.510. The van der Waals surface area contributed by atoms with Crippen LogP contribution in [-0.2, 0) is 0 Å². The van der Waals surface area contributed by atoms with Crippen LogP contribution in [0.1, 0.15) is 23.4 Å². The monoisotopic (exact) mass is 269 g/mol. The first-order valence-corrected chi connectivity index (χ1v) is 7.14. The predicted molar refractivity (Wildman–Crippen MR) is 72.6 cm³/mol. The Morgan fingerprint density at radius 1 is 1.38 bits per heavy atom. The quantitative estimate of drug-likeness (QED) is 0.731. The second-order valence-corrected chi connectivity index (χ2v) is 6.39. The molecule has 16 heavy (non-hydrogen) atoms. The van der Waals surface area contributed by atoms with Gasteiger partial charge in [-0.25, -0.2) is 4.98 Å². The van der Waals surface area contributed by atoms with Crippen LogP contribution in [0.4, 0.5) is 0 Å². The molecule has 0 N–H and O–H groups in total. The Morgan fingerprint density at radius 2 is 2.12 bits per heavy atom. The molecule has 0 aliphatic rings. The van der Waals surface area contributed by atoms with Crippen LogP contribution in [0.25, 0.3) is 0 Å². The number of thioether (sulfide) groups is 1. The summed E-state index contributed by atoms with van der Waals surface area (Å²) in [6, 6.07) is 7.98. The molecule has 0 bridgehead atoms. The maximum absolute atomic E-state index is 6.16. The lowest BCUT2D eigenvalue weighted by Gasteiger charge is -2.10. The van der Waals surface area contributed by atoms with Gasteiger partial charge in [-0.2, -0.15) is 0 Å². The van der Waals surface area contributed by atoms with Gasteiger partial charge in [0.05, 0.1) is 0 Å². The summed E-state index contributed by atoms with van der Waals surface area (Å²) in [5.41, 5.74) is 2.25. The average Bonchev–Trinajstić information content (AvgIpc) is 2.64. The molecule has 0 spiro atoms. The van der Waals surface area contributed by atoms with Gasteiger partial charge in [0.15, 0.2) is 4.34 Å². The van der Waals surface area contributed by atoms with Crippen LogP contribution in [-0.4, -0.2) is 4.98 Å². The number of rotatable bonds is 3. The standard InChI is InChI=1S/C12H12ClNS2/c1-8-7-15-12(14-8)16-9(2)10-5-3-4-6-11(10)13/h3-7,9H,1-2H3. The highest BCUT2D eigenvalue weighted by Gasteiger charge is 2.12. The second kappa shape index (κ2) is 5.21. The lowest BCUT2D eigenvalue weighted by Crippen LogP contribution is -1.89.